The summed E-state index contributed by atoms with van der Waals surface area (Å²) >= 11 is 1.34. The minimum Gasteiger partial charge on any atom is -0.288 e. The molecule has 0 spiro atoms. The largest absolute Gasteiger partial charge is 0.288 e. The van der Waals surface area contributed by atoms with Crippen LogP contribution in [0.25, 0.3) is 0 Å². The van der Waals surface area contributed by atoms with Gasteiger partial charge in [0.25, 0.3) is 0 Å². The van der Waals surface area contributed by atoms with E-state index in [1.54, 1.807) is 16.8 Å². The zero-order valence-corrected chi connectivity index (χ0v) is 9.28. The van der Waals surface area contributed by atoms with Crippen molar-refractivity contribution in [3.63, 3.8) is 0 Å². The average Bonchev–Trinajstić information content (AvgIpc) is 2.79. The Morgan fingerprint density at radius 3 is 2.56 bits per heavy atom. The zero-order chi connectivity index (χ0) is 11.7. The Hall–Kier alpha value is -1.55. The molecule has 1 nitrogen and oxygen atoms in total. The summed E-state index contributed by atoms with van der Waals surface area (Å²) < 4.78 is 26.8. The first-order chi connectivity index (χ1) is 7.61. The van der Waals surface area contributed by atoms with E-state index in [0.29, 0.717) is 5.56 Å². The van der Waals surface area contributed by atoms with Gasteiger partial charge in [-0.2, -0.15) is 11.3 Å². The van der Waals surface area contributed by atoms with E-state index in [0.717, 1.165) is 0 Å². The Balaban J connectivity index is 2.50. The molecule has 2 rings (SSSR count). The van der Waals surface area contributed by atoms with E-state index >= 15 is 0 Å². The lowest BCUT2D eigenvalue weighted by Crippen LogP contribution is -2.05. The minimum atomic E-state index is -1.07. The maximum atomic E-state index is 13.5. The van der Waals surface area contributed by atoms with Gasteiger partial charge in [-0.05, 0) is 30.0 Å². The maximum absolute atomic E-state index is 13.5. The first-order valence-electron chi connectivity index (χ1n) is 4.62. The van der Waals surface area contributed by atoms with Crippen LogP contribution < -0.4 is 0 Å². The molecule has 0 amide bonds. The summed E-state index contributed by atoms with van der Waals surface area (Å²) in [6.45, 7) is 1.46. The van der Waals surface area contributed by atoms with Crippen LogP contribution in [0.1, 0.15) is 21.5 Å². The number of halogens is 2. The quantitative estimate of drug-likeness (QED) is 0.731. The number of aryl methyl sites for hydroxylation is 1. The fourth-order valence-corrected chi connectivity index (χ4v) is 2.01. The lowest BCUT2D eigenvalue weighted by atomic mass is 10.0. The van der Waals surface area contributed by atoms with E-state index < -0.39 is 17.4 Å². The van der Waals surface area contributed by atoms with Crippen LogP contribution in [0.4, 0.5) is 8.78 Å². The molecule has 0 bridgehead atoms. The molecule has 1 heterocycles. The van der Waals surface area contributed by atoms with Crippen molar-refractivity contribution in [3.8, 4) is 0 Å². The zero-order valence-electron chi connectivity index (χ0n) is 8.46. The molecule has 2 aromatic rings. The van der Waals surface area contributed by atoms with E-state index in [4.69, 9.17) is 0 Å². The van der Waals surface area contributed by atoms with Crippen molar-refractivity contribution >= 4 is 17.1 Å². The van der Waals surface area contributed by atoms with Gasteiger partial charge in [-0.25, -0.2) is 8.78 Å². The second-order valence-corrected chi connectivity index (χ2v) is 4.18. The number of carbonyl (C=O) groups excluding carboxylic acids is 1. The lowest BCUT2D eigenvalue weighted by molar-refractivity contribution is 0.103. The molecular formula is C12H8F2OS. The van der Waals surface area contributed by atoms with Crippen LogP contribution in [0, 0.1) is 18.6 Å². The van der Waals surface area contributed by atoms with Crippen molar-refractivity contribution in [1.29, 1.82) is 0 Å². The Kier molecular flexibility index (Phi) is 2.83. The number of ketones is 1. The van der Waals surface area contributed by atoms with Crippen LogP contribution in [-0.2, 0) is 0 Å². The van der Waals surface area contributed by atoms with Crippen molar-refractivity contribution in [2.75, 3.05) is 0 Å². The van der Waals surface area contributed by atoms with Gasteiger partial charge in [0, 0.05) is 10.9 Å². The molecule has 4 heteroatoms. The highest BCUT2D eigenvalue weighted by atomic mass is 32.1. The summed E-state index contributed by atoms with van der Waals surface area (Å²) in [5.41, 5.74) is 0.355. The van der Waals surface area contributed by atoms with Crippen molar-refractivity contribution in [2.45, 2.75) is 6.92 Å². The average molecular weight is 238 g/mol. The number of thiophene rings is 1. The van der Waals surface area contributed by atoms with Crippen molar-refractivity contribution < 1.29 is 13.6 Å². The highest BCUT2D eigenvalue weighted by molar-refractivity contribution is 7.08. The summed E-state index contributed by atoms with van der Waals surface area (Å²) in [5.74, 6) is -2.52. The summed E-state index contributed by atoms with van der Waals surface area (Å²) in [5, 5.41) is 3.33. The van der Waals surface area contributed by atoms with E-state index in [1.165, 1.54) is 30.4 Å². The first-order valence-corrected chi connectivity index (χ1v) is 5.57. The van der Waals surface area contributed by atoms with Crippen LogP contribution >= 0.6 is 11.3 Å². The molecule has 82 valence electrons. The third-order valence-electron chi connectivity index (χ3n) is 2.30. The first kappa shape index (κ1) is 11.0. The van der Waals surface area contributed by atoms with Crippen molar-refractivity contribution in [2.24, 2.45) is 0 Å². The van der Waals surface area contributed by atoms with Crippen LogP contribution in [0.2, 0.25) is 0 Å². The maximum Gasteiger partial charge on any atom is 0.196 e. The Labute approximate surface area is 95.4 Å². The monoisotopic (exact) mass is 238 g/mol. The van der Waals surface area contributed by atoms with Gasteiger partial charge in [-0.3, -0.25) is 4.79 Å². The van der Waals surface area contributed by atoms with Gasteiger partial charge in [0.1, 0.15) is 0 Å². The Morgan fingerprint density at radius 1 is 1.19 bits per heavy atom. The van der Waals surface area contributed by atoms with Gasteiger partial charge >= 0.3 is 0 Å². The van der Waals surface area contributed by atoms with Gasteiger partial charge in [0.15, 0.2) is 17.4 Å². The molecule has 0 radical (unpaired) electrons. The molecule has 0 saturated heterocycles. The molecule has 0 aliphatic rings. The number of carbonyl (C=O) groups is 1. The van der Waals surface area contributed by atoms with Gasteiger partial charge in [-0.1, -0.05) is 6.07 Å². The van der Waals surface area contributed by atoms with E-state index in [1.807, 2.05) is 0 Å². The highest BCUT2D eigenvalue weighted by Gasteiger charge is 2.18. The molecule has 16 heavy (non-hydrogen) atoms. The molecule has 1 aromatic carbocycles. The van der Waals surface area contributed by atoms with Crippen molar-refractivity contribution in [3.05, 3.63) is 57.3 Å². The Bertz CT molecular complexity index is 532. The van der Waals surface area contributed by atoms with Crippen LogP contribution in [0.5, 0.6) is 0 Å². The molecule has 0 unspecified atom stereocenters. The van der Waals surface area contributed by atoms with Gasteiger partial charge in [-0.15, -0.1) is 0 Å². The third kappa shape index (κ3) is 1.76. The second kappa shape index (κ2) is 4.14. The second-order valence-electron chi connectivity index (χ2n) is 3.40. The molecule has 0 atom stereocenters. The molecule has 0 N–H and O–H groups in total. The molecule has 1 aromatic heterocycles. The number of hydrogen-bond donors (Lipinski definition) is 0. The number of benzene rings is 1. The van der Waals surface area contributed by atoms with Gasteiger partial charge < -0.3 is 0 Å². The molecule has 0 aliphatic carbocycles. The van der Waals surface area contributed by atoms with E-state index in [-0.39, 0.29) is 11.1 Å². The molecule has 0 saturated carbocycles. The number of hydrogen-bond acceptors (Lipinski definition) is 2. The standard InChI is InChI=1S/C12H8F2OS/c1-7-2-3-9(11(14)10(7)13)12(15)8-4-5-16-6-8/h2-6H,1H3. The summed E-state index contributed by atoms with van der Waals surface area (Å²) in [6, 6.07) is 4.30. The molecular weight excluding hydrogens is 230 g/mol. The normalized spacial score (nSPS) is 10.4. The van der Waals surface area contributed by atoms with Crippen molar-refractivity contribution in [1.82, 2.24) is 0 Å². The lowest BCUT2D eigenvalue weighted by Gasteiger charge is -2.03. The third-order valence-corrected chi connectivity index (χ3v) is 2.99. The van der Waals surface area contributed by atoms with Crippen LogP contribution in [-0.4, -0.2) is 5.78 Å². The SMILES string of the molecule is Cc1ccc(C(=O)c2ccsc2)c(F)c1F. The van der Waals surface area contributed by atoms with Gasteiger partial charge in [0.2, 0.25) is 0 Å². The Morgan fingerprint density at radius 2 is 1.94 bits per heavy atom. The smallest absolute Gasteiger partial charge is 0.196 e. The molecule has 0 fully saturated rings. The summed E-state index contributed by atoms with van der Waals surface area (Å²) in [7, 11) is 0. The van der Waals surface area contributed by atoms with E-state index in [9.17, 15) is 13.6 Å². The summed E-state index contributed by atoms with van der Waals surface area (Å²) in [4.78, 5) is 11.8. The molecule has 0 aliphatic heterocycles. The van der Waals surface area contributed by atoms with Gasteiger partial charge in [0.05, 0.1) is 5.56 Å². The number of rotatable bonds is 2. The fraction of sp³-hybridized carbons (Fsp3) is 0.0833. The minimum absolute atomic E-state index is 0.194. The van der Waals surface area contributed by atoms with Crippen LogP contribution in [0.15, 0.2) is 29.0 Å². The topological polar surface area (TPSA) is 17.1 Å². The fourth-order valence-electron chi connectivity index (χ4n) is 1.37. The van der Waals surface area contributed by atoms with Crippen LogP contribution in [0.3, 0.4) is 0 Å². The summed E-state index contributed by atoms with van der Waals surface area (Å²) in [6.07, 6.45) is 0. The predicted molar refractivity (Wildman–Crippen MR) is 58.8 cm³/mol. The highest BCUT2D eigenvalue weighted by Crippen LogP contribution is 2.19. The van der Waals surface area contributed by atoms with E-state index in [2.05, 4.69) is 0 Å². The predicted octanol–water partition coefficient (Wildman–Crippen LogP) is 3.57.